The smallest absolute Gasteiger partial charge is 0.219 e. The number of hydrogen-bond donors (Lipinski definition) is 1. The van der Waals surface area contributed by atoms with Crippen molar-refractivity contribution in [3.63, 3.8) is 0 Å². The van der Waals surface area contributed by atoms with E-state index in [0.717, 1.165) is 11.8 Å². The van der Waals surface area contributed by atoms with Crippen LogP contribution in [0.25, 0.3) is 0 Å². The van der Waals surface area contributed by atoms with E-state index in [9.17, 15) is 18.1 Å². The summed E-state index contributed by atoms with van der Waals surface area (Å²) in [6, 6.07) is 22.7. The highest BCUT2D eigenvalue weighted by molar-refractivity contribution is 8.04. The highest BCUT2D eigenvalue weighted by Crippen LogP contribution is 2.33. The average molecular weight is 459 g/mol. The Balaban J connectivity index is 2.06. The van der Waals surface area contributed by atoms with E-state index in [4.69, 9.17) is 11.6 Å². The molecule has 0 spiro atoms. The second-order valence-corrected chi connectivity index (χ2v) is 9.35. The number of hydrogen-bond acceptors (Lipinski definition) is 5. The van der Waals surface area contributed by atoms with Crippen LogP contribution in [0.5, 0.6) is 0 Å². The van der Waals surface area contributed by atoms with Crippen molar-refractivity contribution in [2.45, 2.75) is 10.6 Å². The molecule has 0 radical (unpaired) electrons. The summed E-state index contributed by atoms with van der Waals surface area (Å²) in [6.45, 7) is 0. The van der Waals surface area contributed by atoms with Crippen molar-refractivity contribution in [2.75, 3.05) is 5.32 Å². The Morgan fingerprint density at radius 2 is 1.63 bits per heavy atom. The molecule has 0 aromatic heterocycles. The Kier molecular flexibility index (Phi) is 7.16. The van der Waals surface area contributed by atoms with Crippen molar-refractivity contribution in [2.24, 2.45) is 0 Å². The van der Waals surface area contributed by atoms with Crippen LogP contribution in [0.1, 0.15) is 5.56 Å². The zero-order chi connectivity index (χ0) is 21.6. The van der Waals surface area contributed by atoms with Crippen molar-refractivity contribution in [3.05, 3.63) is 105 Å². The fourth-order valence-corrected chi connectivity index (χ4v) is 5.51. The SMILES string of the molecule is N#C/C(=C(/Nc1ccccc1)SCc1c(F)cccc1Cl)S(=O)(=O)c1ccccc1. The first-order chi connectivity index (χ1) is 14.4. The van der Waals surface area contributed by atoms with Crippen LogP contribution in [-0.2, 0) is 15.6 Å². The number of sulfone groups is 1. The van der Waals surface area contributed by atoms with Gasteiger partial charge in [-0.2, -0.15) is 5.26 Å². The largest absolute Gasteiger partial charge is 0.349 e. The first-order valence-electron chi connectivity index (χ1n) is 8.75. The molecule has 8 heteroatoms. The Labute approximate surface area is 183 Å². The predicted molar refractivity (Wildman–Crippen MR) is 119 cm³/mol. The van der Waals surface area contributed by atoms with Crippen LogP contribution in [0.15, 0.2) is 93.7 Å². The molecule has 0 aliphatic heterocycles. The van der Waals surface area contributed by atoms with Crippen molar-refractivity contribution in [1.29, 1.82) is 5.26 Å². The number of para-hydroxylation sites is 1. The predicted octanol–water partition coefficient (Wildman–Crippen LogP) is 5.99. The van der Waals surface area contributed by atoms with Crippen LogP contribution in [0, 0.1) is 17.1 Å². The molecule has 0 unspecified atom stereocenters. The summed E-state index contributed by atoms with van der Waals surface area (Å²) in [5, 5.41) is 13.0. The lowest BCUT2D eigenvalue weighted by Gasteiger charge is -2.14. The summed E-state index contributed by atoms with van der Waals surface area (Å²) in [6.07, 6.45) is 0. The highest BCUT2D eigenvalue weighted by Gasteiger charge is 2.26. The van der Waals surface area contributed by atoms with E-state index in [1.54, 1.807) is 48.5 Å². The molecular formula is C22H16ClFN2O2S2. The third-order valence-electron chi connectivity index (χ3n) is 4.08. The fraction of sp³-hybridized carbons (Fsp3) is 0.0455. The lowest BCUT2D eigenvalue weighted by Crippen LogP contribution is -2.10. The maximum atomic E-state index is 14.2. The molecule has 0 atom stereocenters. The van der Waals surface area contributed by atoms with E-state index in [2.05, 4.69) is 5.32 Å². The number of thioether (sulfide) groups is 1. The highest BCUT2D eigenvalue weighted by atomic mass is 35.5. The first-order valence-corrected chi connectivity index (χ1v) is 11.6. The summed E-state index contributed by atoms with van der Waals surface area (Å²) in [5.41, 5.74) is 0.821. The Morgan fingerprint density at radius 3 is 2.23 bits per heavy atom. The quantitative estimate of drug-likeness (QED) is 0.440. The van der Waals surface area contributed by atoms with Crippen LogP contribution in [0.4, 0.5) is 10.1 Å². The van der Waals surface area contributed by atoms with Gasteiger partial charge in [-0.05, 0) is 36.4 Å². The molecular weight excluding hydrogens is 443 g/mol. The molecule has 0 fully saturated rings. The molecule has 30 heavy (non-hydrogen) atoms. The van der Waals surface area contributed by atoms with Gasteiger partial charge in [0.1, 0.15) is 16.9 Å². The van der Waals surface area contributed by atoms with Gasteiger partial charge >= 0.3 is 0 Å². The molecule has 0 saturated carbocycles. The minimum absolute atomic E-state index is 0.00145. The monoisotopic (exact) mass is 458 g/mol. The van der Waals surface area contributed by atoms with Gasteiger partial charge in [-0.1, -0.05) is 54.1 Å². The van der Waals surface area contributed by atoms with Crippen molar-refractivity contribution in [3.8, 4) is 6.07 Å². The molecule has 152 valence electrons. The van der Waals surface area contributed by atoms with Crippen LogP contribution in [0.2, 0.25) is 5.02 Å². The normalized spacial score (nSPS) is 12.0. The molecule has 0 heterocycles. The summed E-state index contributed by atoms with van der Waals surface area (Å²) >= 11 is 7.09. The number of anilines is 1. The molecule has 3 aromatic rings. The Bertz CT molecular complexity index is 1190. The zero-order valence-electron chi connectivity index (χ0n) is 15.5. The molecule has 1 N–H and O–H groups in total. The van der Waals surface area contributed by atoms with Crippen molar-refractivity contribution >= 4 is 38.9 Å². The summed E-state index contributed by atoms with van der Waals surface area (Å²) < 4.78 is 40.4. The zero-order valence-corrected chi connectivity index (χ0v) is 17.9. The van der Waals surface area contributed by atoms with E-state index >= 15 is 0 Å². The van der Waals surface area contributed by atoms with Gasteiger partial charge in [0.2, 0.25) is 9.84 Å². The van der Waals surface area contributed by atoms with Crippen LogP contribution in [0.3, 0.4) is 0 Å². The number of nitrogens with one attached hydrogen (secondary N) is 1. The average Bonchev–Trinajstić information content (AvgIpc) is 2.75. The molecule has 0 aliphatic carbocycles. The van der Waals surface area contributed by atoms with Crippen molar-refractivity contribution < 1.29 is 12.8 Å². The summed E-state index contributed by atoms with van der Waals surface area (Å²) in [5.74, 6) is -0.464. The minimum Gasteiger partial charge on any atom is -0.349 e. The van der Waals surface area contributed by atoms with E-state index in [-0.39, 0.29) is 26.3 Å². The molecule has 3 aromatic carbocycles. The number of nitriles is 1. The van der Waals surface area contributed by atoms with Gasteiger partial charge in [-0.15, -0.1) is 11.8 Å². The van der Waals surface area contributed by atoms with Gasteiger partial charge in [0.15, 0.2) is 4.91 Å². The summed E-state index contributed by atoms with van der Waals surface area (Å²) in [4.78, 5) is -0.451. The van der Waals surface area contributed by atoms with Gasteiger partial charge in [0.25, 0.3) is 0 Å². The fourth-order valence-electron chi connectivity index (χ4n) is 2.58. The van der Waals surface area contributed by atoms with Gasteiger partial charge in [0, 0.05) is 22.0 Å². The van der Waals surface area contributed by atoms with E-state index in [0.29, 0.717) is 5.69 Å². The molecule has 0 amide bonds. The van der Waals surface area contributed by atoms with Gasteiger partial charge in [0.05, 0.1) is 4.90 Å². The third kappa shape index (κ3) is 5.03. The van der Waals surface area contributed by atoms with Gasteiger partial charge < -0.3 is 5.32 Å². The molecule has 4 nitrogen and oxygen atoms in total. The minimum atomic E-state index is -4.09. The Hall–Kier alpha value is -2.79. The number of benzene rings is 3. The second kappa shape index (κ2) is 9.81. The maximum absolute atomic E-state index is 14.2. The number of nitrogens with zero attached hydrogens (tertiary/aromatic N) is 1. The summed E-state index contributed by atoms with van der Waals surface area (Å²) in [7, 11) is -4.09. The lowest BCUT2D eigenvalue weighted by atomic mass is 10.2. The lowest BCUT2D eigenvalue weighted by molar-refractivity contribution is 0.603. The molecule has 0 aliphatic rings. The number of allylic oxidation sites excluding steroid dienone is 1. The first kappa shape index (κ1) is 21.9. The molecule has 0 bridgehead atoms. The van der Waals surface area contributed by atoms with Crippen LogP contribution >= 0.6 is 23.4 Å². The number of rotatable bonds is 7. The molecule has 0 saturated heterocycles. The van der Waals surface area contributed by atoms with E-state index < -0.39 is 20.6 Å². The van der Waals surface area contributed by atoms with Crippen molar-refractivity contribution in [1.82, 2.24) is 0 Å². The van der Waals surface area contributed by atoms with Gasteiger partial charge in [-0.3, -0.25) is 0 Å². The third-order valence-corrected chi connectivity index (χ3v) is 7.32. The standard InChI is InChI=1S/C22H16ClFN2O2S2/c23-19-12-7-13-20(24)18(19)15-29-22(26-16-8-3-1-4-9-16)21(14-25)30(27,28)17-10-5-2-6-11-17/h1-13,26H,15H2/b22-21+. The van der Waals surface area contributed by atoms with Crippen LogP contribution in [-0.4, -0.2) is 8.42 Å². The van der Waals surface area contributed by atoms with E-state index in [1.165, 1.54) is 24.3 Å². The maximum Gasteiger partial charge on any atom is 0.219 e. The van der Waals surface area contributed by atoms with Crippen LogP contribution < -0.4 is 5.32 Å². The van der Waals surface area contributed by atoms with E-state index in [1.807, 2.05) is 12.1 Å². The van der Waals surface area contributed by atoms with Gasteiger partial charge in [-0.25, -0.2) is 12.8 Å². The second-order valence-electron chi connectivity index (χ2n) is 6.07. The molecule has 3 rings (SSSR count). The topological polar surface area (TPSA) is 70.0 Å². The Morgan fingerprint density at radius 1 is 1.00 bits per heavy atom. The number of halogens is 2.